The van der Waals surface area contributed by atoms with Crippen LogP contribution in [-0.4, -0.2) is 29.0 Å². The van der Waals surface area contributed by atoms with E-state index in [2.05, 4.69) is 5.43 Å². The molecule has 0 aromatic carbocycles. The van der Waals surface area contributed by atoms with Gasteiger partial charge in [0.25, 0.3) is 0 Å². The minimum absolute atomic E-state index is 0.211. The van der Waals surface area contributed by atoms with Crippen LogP contribution in [0, 0.1) is 5.92 Å². The summed E-state index contributed by atoms with van der Waals surface area (Å²) in [6.45, 7) is 7.21. The predicted octanol–water partition coefficient (Wildman–Crippen LogP) is 0.687. The van der Waals surface area contributed by atoms with E-state index in [1.54, 1.807) is 6.92 Å². The first-order valence-corrected chi connectivity index (χ1v) is 6.22. The Morgan fingerprint density at radius 2 is 2.00 bits per heavy atom. The Morgan fingerprint density at radius 3 is 2.44 bits per heavy atom. The van der Waals surface area contributed by atoms with Gasteiger partial charge in [0.2, 0.25) is 5.91 Å². The fourth-order valence-electron chi connectivity index (χ4n) is 0.908. The van der Waals surface area contributed by atoms with Gasteiger partial charge in [-0.2, -0.15) is 0 Å². The molecule has 0 saturated heterocycles. The quantitative estimate of drug-likeness (QED) is 0.324. The van der Waals surface area contributed by atoms with E-state index < -0.39 is 5.60 Å². The van der Waals surface area contributed by atoms with Crippen LogP contribution in [-0.2, 0) is 14.3 Å². The normalized spacial score (nSPS) is 13.1. The van der Waals surface area contributed by atoms with Crippen LogP contribution in [0.3, 0.4) is 0 Å². The third-order valence-corrected chi connectivity index (χ3v) is 2.77. The summed E-state index contributed by atoms with van der Waals surface area (Å²) in [6.07, 6.45) is 0. The van der Waals surface area contributed by atoms with E-state index in [9.17, 15) is 9.59 Å². The maximum absolute atomic E-state index is 11.3. The van der Waals surface area contributed by atoms with Crippen LogP contribution in [0.25, 0.3) is 0 Å². The molecule has 0 fully saturated rings. The first-order chi connectivity index (χ1) is 7.26. The molecular weight excluding hydrogens is 228 g/mol. The zero-order valence-electron chi connectivity index (χ0n) is 10.2. The second-order valence-corrected chi connectivity index (χ2v) is 5.54. The number of nitrogens with two attached hydrogens (primary N) is 1. The van der Waals surface area contributed by atoms with Gasteiger partial charge in [-0.25, -0.2) is 5.84 Å². The lowest BCUT2D eigenvalue weighted by molar-refractivity contribution is -0.151. The zero-order valence-corrected chi connectivity index (χ0v) is 11.0. The fourth-order valence-corrected chi connectivity index (χ4v) is 1.76. The highest BCUT2D eigenvalue weighted by molar-refractivity contribution is 7.99. The van der Waals surface area contributed by atoms with Crippen molar-refractivity contribution in [2.45, 2.75) is 33.3 Å². The summed E-state index contributed by atoms with van der Waals surface area (Å²) >= 11 is 1.36. The number of amides is 1. The van der Waals surface area contributed by atoms with E-state index in [1.165, 1.54) is 11.8 Å². The predicted molar refractivity (Wildman–Crippen MR) is 64.7 cm³/mol. The minimum Gasteiger partial charge on any atom is -0.459 e. The van der Waals surface area contributed by atoms with Crippen molar-refractivity contribution in [1.29, 1.82) is 0 Å². The average molecular weight is 248 g/mol. The highest BCUT2D eigenvalue weighted by Gasteiger charge is 2.17. The Balaban J connectivity index is 3.74. The average Bonchev–Trinajstić information content (AvgIpc) is 2.13. The first-order valence-electron chi connectivity index (χ1n) is 5.06. The Hall–Kier alpha value is -0.750. The Morgan fingerprint density at radius 1 is 1.44 bits per heavy atom. The van der Waals surface area contributed by atoms with Gasteiger partial charge in [-0.05, 0) is 20.8 Å². The summed E-state index contributed by atoms with van der Waals surface area (Å²) in [5, 5.41) is 0. The van der Waals surface area contributed by atoms with Gasteiger partial charge in [-0.15, -0.1) is 11.8 Å². The molecule has 0 aliphatic heterocycles. The largest absolute Gasteiger partial charge is 0.459 e. The van der Waals surface area contributed by atoms with Crippen LogP contribution in [0.2, 0.25) is 0 Å². The van der Waals surface area contributed by atoms with Crippen molar-refractivity contribution in [3.63, 3.8) is 0 Å². The molecule has 0 spiro atoms. The summed E-state index contributed by atoms with van der Waals surface area (Å²) < 4.78 is 5.12. The lowest BCUT2D eigenvalue weighted by atomic mass is 10.2. The lowest BCUT2D eigenvalue weighted by Gasteiger charge is -2.19. The van der Waals surface area contributed by atoms with Gasteiger partial charge in [0.15, 0.2) is 0 Å². The highest BCUT2D eigenvalue weighted by atomic mass is 32.2. The van der Waals surface area contributed by atoms with Crippen LogP contribution < -0.4 is 11.3 Å². The van der Waals surface area contributed by atoms with Crippen molar-refractivity contribution in [3.05, 3.63) is 0 Å². The Kier molecular flexibility index (Phi) is 6.43. The molecule has 0 aliphatic carbocycles. The van der Waals surface area contributed by atoms with Crippen molar-refractivity contribution in [2.75, 3.05) is 11.5 Å². The number of ether oxygens (including phenoxy) is 1. The van der Waals surface area contributed by atoms with Crippen molar-refractivity contribution in [3.8, 4) is 0 Å². The van der Waals surface area contributed by atoms with Crippen LogP contribution in [0.5, 0.6) is 0 Å². The monoisotopic (exact) mass is 248 g/mol. The molecule has 1 amide bonds. The number of thioether (sulfide) groups is 1. The molecular formula is C10H20N2O3S. The number of hydrazine groups is 1. The summed E-state index contributed by atoms with van der Waals surface area (Å²) in [7, 11) is 0. The molecule has 16 heavy (non-hydrogen) atoms. The van der Waals surface area contributed by atoms with E-state index in [1.807, 2.05) is 20.8 Å². The third-order valence-electron chi connectivity index (χ3n) is 1.60. The number of carbonyl (C=O) groups excluding carboxylic acids is 2. The van der Waals surface area contributed by atoms with E-state index in [0.29, 0.717) is 5.75 Å². The van der Waals surface area contributed by atoms with E-state index in [-0.39, 0.29) is 23.5 Å². The molecule has 0 heterocycles. The van der Waals surface area contributed by atoms with Crippen molar-refractivity contribution in [1.82, 2.24) is 5.43 Å². The molecule has 5 nitrogen and oxygen atoms in total. The van der Waals surface area contributed by atoms with Crippen molar-refractivity contribution < 1.29 is 14.3 Å². The molecule has 6 heteroatoms. The summed E-state index contributed by atoms with van der Waals surface area (Å²) in [6, 6.07) is 0. The fraction of sp³-hybridized carbons (Fsp3) is 0.800. The third kappa shape index (κ3) is 7.53. The molecule has 0 aromatic rings. The highest BCUT2D eigenvalue weighted by Crippen LogP contribution is 2.12. The number of hydrogen-bond donors (Lipinski definition) is 2. The van der Waals surface area contributed by atoms with Gasteiger partial charge in [0.05, 0.1) is 5.75 Å². The van der Waals surface area contributed by atoms with Crippen molar-refractivity contribution in [2.24, 2.45) is 11.8 Å². The Labute approximate surface area is 100 Å². The number of carbonyl (C=O) groups is 2. The first kappa shape index (κ1) is 15.2. The molecule has 0 rings (SSSR count). The molecule has 0 aromatic heterocycles. The molecule has 0 saturated carbocycles. The standard InChI is InChI=1S/C10H20N2O3S/c1-7(9(14)12-11)5-16-6-8(13)15-10(2,3)4/h7H,5-6,11H2,1-4H3,(H,12,14). The molecule has 94 valence electrons. The molecule has 1 unspecified atom stereocenters. The molecule has 1 atom stereocenters. The number of hydrogen-bond acceptors (Lipinski definition) is 5. The molecule has 3 N–H and O–H groups in total. The number of esters is 1. The van der Waals surface area contributed by atoms with Gasteiger partial charge >= 0.3 is 5.97 Å². The van der Waals surface area contributed by atoms with Gasteiger partial charge < -0.3 is 4.74 Å². The number of rotatable bonds is 5. The smallest absolute Gasteiger partial charge is 0.316 e. The molecule has 0 aliphatic rings. The lowest BCUT2D eigenvalue weighted by Crippen LogP contribution is -2.35. The summed E-state index contributed by atoms with van der Waals surface area (Å²) in [5.41, 5.74) is 1.61. The van der Waals surface area contributed by atoms with Gasteiger partial charge in [-0.3, -0.25) is 15.0 Å². The molecule has 0 bridgehead atoms. The van der Waals surface area contributed by atoms with Crippen molar-refractivity contribution >= 4 is 23.6 Å². The second kappa shape index (κ2) is 6.75. The molecule has 0 radical (unpaired) electrons. The SMILES string of the molecule is CC(CSCC(=O)OC(C)(C)C)C(=O)NN. The topological polar surface area (TPSA) is 81.4 Å². The van der Waals surface area contributed by atoms with E-state index in [4.69, 9.17) is 10.6 Å². The summed E-state index contributed by atoms with van der Waals surface area (Å²) in [4.78, 5) is 22.4. The Bertz CT molecular complexity index is 251. The maximum atomic E-state index is 11.3. The van der Waals surface area contributed by atoms with Crippen LogP contribution in [0.15, 0.2) is 0 Å². The maximum Gasteiger partial charge on any atom is 0.316 e. The van der Waals surface area contributed by atoms with Crippen LogP contribution in [0.4, 0.5) is 0 Å². The number of nitrogens with one attached hydrogen (secondary N) is 1. The second-order valence-electron chi connectivity index (χ2n) is 4.51. The van der Waals surface area contributed by atoms with E-state index >= 15 is 0 Å². The van der Waals surface area contributed by atoms with Crippen LogP contribution >= 0.6 is 11.8 Å². The van der Waals surface area contributed by atoms with Gasteiger partial charge in [0, 0.05) is 11.7 Å². The summed E-state index contributed by atoms with van der Waals surface area (Å²) in [5.74, 6) is 5.08. The van der Waals surface area contributed by atoms with Gasteiger partial charge in [0.1, 0.15) is 5.60 Å². The van der Waals surface area contributed by atoms with E-state index in [0.717, 1.165) is 0 Å². The minimum atomic E-state index is -0.460. The van der Waals surface area contributed by atoms with Crippen LogP contribution in [0.1, 0.15) is 27.7 Å². The van der Waals surface area contributed by atoms with Gasteiger partial charge in [-0.1, -0.05) is 6.92 Å². The zero-order chi connectivity index (χ0) is 12.8.